The van der Waals surface area contributed by atoms with E-state index in [-0.39, 0.29) is 0 Å². The Labute approximate surface area is 125 Å². The third-order valence-electron chi connectivity index (χ3n) is 3.40. The highest BCUT2D eigenvalue weighted by Gasteiger charge is 2.14. The molecule has 2 aromatic rings. The van der Waals surface area contributed by atoms with Crippen molar-refractivity contribution < 1.29 is 9.53 Å². The van der Waals surface area contributed by atoms with E-state index in [2.05, 4.69) is 31.6 Å². The van der Waals surface area contributed by atoms with Crippen molar-refractivity contribution in [2.75, 3.05) is 7.11 Å². The summed E-state index contributed by atoms with van der Waals surface area (Å²) < 4.78 is 7.06. The maximum atomic E-state index is 11.2. The average molecular weight is 284 g/mol. The third-order valence-corrected chi connectivity index (χ3v) is 3.40. The summed E-state index contributed by atoms with van der Waals surface area (Å²) in [5.41, 5.74) is 3.37. The SMILES string of the molecule is C=CCn1nc(-c2cc(C(C)C)ccc2OC)cc1C=O. The van der Waals surface area contributed by atoms with Gasteiger partial charge in [0.1, 0.15) is 11.4 Å². The minimum Gasteiger partial charge on any atom is -0.496 e. The van der Waals surface area contributed by atoms with Crippen LogP contribution in [0.15, 0.2) is 36.9 Å². The molecule has 0 fully saturated rings. The lowest BCUT2D eigenvalue weighted by molar-refractivity contribution is 0.111. The van der Waals surface area contributed by atoms with E-state index in [9.17, 15) is 4.79 Å². The lowest BCUT2D eigenvalue weighted by atomic mass is 9.99. The molecule has 0 spiro atoms. The minimum absolute atomic E-state index is 0.412. The van der Waals surface area contributed by atoms with Crippen LogP contribution >= 0.6 is 0 Å². The van der Waals surface area contributed by atoms with Crippen molar-refractivity contribution in [1.82, 2.24) is 9.78 Å². The van der Waals surface area contributed by atoms with E-state index in [1.807, 2.05) is 12.1 Å². The van der Waals surface area contributed by atoms with Crippen LogP contribution in [-0.2, 0) is 6.54 Å². The second-order valence-corrected chi connectivity index (χ2v) is 5.16. The molecule has 0 saturated heterocycles. The Morgan fingerprint density at radius 2 is 2.14 bits per heavy atom. The summed E-state index contributed by atoms with van der Waals surface area (Å²) >= 11 is 0. The number of benzene rings is 1. The van der Waals surface area contributed by atoms with Crippen LogP contribution in [0.3, 0.4) is 0 Å². The molecule has 0 N–H and O–H groups in total. The van der Waals surface area contributed by atoms with E-state index in [0.717, 1.165) is 23.3 Å². The molecule has 0 aliphatic heterocycles. The fraction of sp³-hybridized carbons (Fsp3) is 0.294. The highest BCUT2D eigenvalue weighted by atomic mass is 16.5. The number of allylic oxidation sites excluding steroid dienone is 1. The molecule has 0 aliphatic rings. The normalized spacial score (nSPS) is 10.7. The first-order valence-electron chi connectivity index (χ1n) is 6.93. The molecule has 110 valence electrons. The van der Waals surface area contributed by atoms with E-state index in [1.165, 1.54) is 5.56 Å². The number of carbonyl (C=O) groups is 1. The van der Waals surface area contributed by atoms with Gasteiger partial charge in [-0.05, 0) is 29.7 Å². The van der Waals surface area contributed by atoms with Gasteiger partial charge in [0.25, 0.3) is 0 Å². The van der Waals surface area contributed by atoms with Crippen LogP contribution in [-0.4, -0.2) is 23.2 Å². The molecular formula is C17H20N2O2. The Hall–Kier alpha value is -2.36. The van der Waals surface area contributed by atoms with Gasteiger partial charge in [-0.25, -0.2) is 0 Å². The van der Waals surface area contributed by atoms with Crippen LogP contribution in [0, 0.1) is 0 Å². The van der Waals surface area contributed by atoms with Crippen LogP contribution in [0.4, 0.5) is 0 Å². The van der Waals surface area contributed by atoms with Gasteiger partial charge in [-0.1, -0.05) is 26.0 Å². The van der Waals surface area contributed by atoms with Crippen molar-refractivity contribution in [2.24, 2.45) is 0 Å². The van der Waals surface area contributed by atoms with Gasteiger partial charge in [0.05, 0.1) is 19.3 Å². The molecule has 1 aromatic heterocycles. The second kappa shape index (κ2) is 6.39. The molecule has 0 atom stereocenters. The zero-order valence-electron chi connectivity index (χ0n) is 12.7. The Balaban J connectivity index is 2.56. The van der Waals surface area contributed by atoms with Gasteiger partial charge in [0, 0.05) is 5.56 Å². The second-order valence-electron chi connectivity index (χ2n) is 5.16. The van der Waals surface area contributed by atoms with Crippen LogP contribution in [0.1, 0.15) is 35.8 Å². The Bertz CT molecular complexity index is 657. The quantitative estimate of drug-likeness (QED) is 0.600. The smallest absolute Gasteiger partial charge is 0.168 e. The summed E-state index contributed by atoms with van der Waals surface area (Å²) in [7, 11) is 1.63. The molecule has 4 heteroatoms. The predicted octanol–water partition coefficient (Wildman–Crippen LogP) is 3.68. The first-order valence-corrected chi connectivity index (χ1v) is 6.93. The molecule has 2 rings (SSSR count). The van der Waals surface area contributed by atoms with Crippen LogP contribution in [0.25, 0.3) is 11.3 Å². The highest BCUT2D eigenvalue weighted by molar-refractivity contribution is 5.77. The van der Waals surface area contributed by atoms with Crippen LogP contribution < -0.4 is 4.74 Å². The first kappa shape index (κ1) is 15.0. The molecule has 1 aromatic carbocycles. The topological polar surface area (TPSA) is 44.1 Å². The van der Waals surface area contributed by atoms with Crippen molar-refractivity contribution in [3.63, 3.8) is 0 Å². The lowest BCUT2D eigenvalue weighted by Crippen LogP contribution is -2.02. The average Bonchev–Trinajstić information content (AvgIpc) is 2.89. The molecule has 0 aliphatic carbocycles. The van der Waals surface area contributed by atoms with Gasteiger partial charge in [-0.3, -0.25) is 9.48 Å². The van der Waals surface area contributed by atoms with Gasteiger partial charge < -0.3 is 4.74 Å². The maximum absolute atomic E-state index is 11.2. The number of carbonyl (C=O) groups excluding carboxylic acids is 1. The van der Waals surface area contributed by atoms with Crippen molar-refractivity contribution in [2.45, 2.75) is 26.3 Å². The van der Waals surface area contributed by atoms with Gasteiger partial charge in [0.15, 0.2) is 6.29 Å². The van der Waals surface area contributed by atoms with E-state index >= 15 is 0 Å². The van der Waals surface area contributed by atoms with Gasteiger partial charge in [-0.15, -0.1) is 6.58 Å². The fourth-order valence-corrected chi connectivity index (χ4v) is 2.21. The Morgan fingerprint density at radius 3 is 2.71 bits per heavy atom. The third kappa shape index (κ3) is 3.05. The molecule has 0 radical (unpaired) electrons. The zero-order valence-corrected chi connectivity index (χ0v) is 12.7. The number of hydrogen-bond acceptors (Lipinski definition) is 3. The van der Waals surface area contributed by atoms with E-state index in [1.54, 1.807) is 23.9 Å². The summed E-state index contributed by atoms with van der Waals surface area (Å²) in [4.78, 5) is 11.2. The largest absolute Gasteiger partial charge is 0.496 e. The molecule has 0 bridgehead atoms. The van der Waals surface area contributed by atoms with Crippen LogP contribution in [0.2, 0.25) is 0 Å². The number of nitrogens with zero attached hydrogens (tertiary/aromatic N) is 2. The summed E-state index contributed by atoms with van der Waals surface area (Å²) in [6.45, 7) is 8.46. The molecule has 0 saturated carbocycles. The molecule has 4 nitrogen and oxygen atoms in total. The Morgan fingerprint density at radius 1 is 1.38 bits per heavy atom. The monoisotopic (exact) mass is 284 g/mol. The molecule has 0 unspecified atom stereocenters. The van der Waals surface area contributed by atoms with Crippen molar-refractivity contribution in [3.8, 4) is 17.0 Å². The molecule has 0 amide bonds. The Kier molecular flexibility index (Phi) is 4.58. The number of aromatic nitrogens is 2. The number of rotatable bonds is 6. The van der Waals surface area contributed by atoms with E-state index < -0.39 is 0 Å². The standard InChI is InChI=1S/C17H20N2O2/c1-5-8-19-14(11-20)10-16(18-19)15-9-13(12(2)3)6-7-17(15)21-4/h5-7,9-12H,1,8H2,2-4H3. The van der Waals surface area contributed by atoms with Crippen molar-refractivity contribution in [3.05, 3.63) is 48.2 Å². The van der Waals surface area contributed by atoms with Gasteiger partial charge in [0.2, 0.25) is 0 Å². The first-order chi connectivity index (χ1) is 10.1. The molecule has 1 heterocycles. The summed E-state index contributed by atoms with van der Waals surface area (Å²) in [5, 5.41) is 4.48. The van der Waals surface area contributed by atoms with Crippen LogP contribution in [0.5, 0.6) is 5.75 Å². The summed E-state index contributed by atoms with van der Waals surface area (Å²) in [6.07, 6.45) is 2.52. The van der Waals surface area contributed by atoms with E-state index in [4.69, 9.17) is 4.74 Å². The van der Waals surface area contributed by atoms with Crippen molar-refractivity contribution in [1.29, 1.82) is 0 Å². The number of hydrogen-bond donors (Lipinski definition) is 0. The summed E-state index contributed by atoms with van der Waals surface area (Å²) in [6, 6.07) is 7.84. The number of aldehydes is 1. The molecular weight excluding hydrogens is 264 g/mol. The highest BCUT2D eigenvalue weighted by Crippen LogP contribution is 2.32. The minimum atomic E-state index is 0.412. The zero-order chi connectivity index (χ0) is 15.4. The number of ether oxygens (including phenoxy) is 1. The lowest BCUT2D eigenvalue weighted by Gasteiger charge is -2.11. The summed E-state index contributed by atoms with van der Waals surface area (Å²) in [5.74, 6) is 1.16. The van der Waals surface area contributed by atoms with Crippen molar-refractivity contribution >= 4 is 6.29 Å². The van der Waals surface area contributed by atoms with Gasteiger partial charge >= 0.3 is 0 Å². The predicted molar refractivity (Wildman–Crippen MR) is 83.9 cm³/mol. The van der Waals surface area contributed by atoms with E-state index in [0.29, 0.717) is 18.2 Å². The van der Waals surface area contributed by atoms with Gasteiger partial charge in [-0.2, -0.15) is 5.10 Å². The maximum Gasteiger partial charge on any atom is 0.168 e. The fourth-order valence-electron chi connectivity index (χ4n) is 2.21. The molecule has 21 heavy (non-hydrogen) atoms. The number of methoxy groups -OCH3 is 1.